The number of likely N-dealkylation sites (tertiary alicyclic amines) is 1. The van der Waals surface area contributed by atoms with Crippen LogP contribution in [-0.2, 0) is 9.59 Å². The van der Waals surface area contributed by atoms with Crippen LogP contribution < -0.4 is 10.6 Å². The summed E-state index contributed by atoms with van der Waals surface area (Å²) in [6, 6.07) is 7.12. The largest absolute Gasteiger partial charge is 0.350 e. The molecule has 0 aliphatic carbocycles. The summed E-state index contributed by atoms with van der Waals surface area (Å²) in [4.78, 5) is 25.8. The molecule has 2 unspecified atom stereocenters. The lowest BCUT2D eigenvalue weighted by Crippen LogP contribution is -2.53. The second-order valence-corrected chi connectivity index (χ2v) is 6.11. The Morgan fingerprint density at radius 2 is 2.00 bits per heavy atom. The SMILES string of the molecule is CN1C(=O)CC(NC(=O)C2CNC2)C1c1ccc(Cl)cc1. The molecule has 2 aliphatic heterocycles. The Labute approximate surface area is 128 Å². The van der Waals surface area contributed by atoms with E-state index in [1.165, 1.54) is 0 Å². The molecule has 2 aliphatic rings. The van der Waals surface area contributed by atoms with Crippen LogP contribution in [0.3, 0.4) is 0 Å². The molecule has 0 aromatic heterocycles. The lowest BCUT2D eigenvalue weighted by Gasteiger charge is -2.30. The van der Waals surface area contributed by atoms with Gasteiger partial charge in [-0.25, -0.2) is 0 Å². The predicted octanol–water partition coefficient (Wildman–Crippen LogP) is 0.947. The Hall–Kier alpha value is -1.59. The van der Waals surface area contributed by atoms with Gasteiger partial charge >= 0.3 is 0 Å². The molecule has 2 amide bonds. The highest BCUT2D eigenvalue weighted by Gasteiger charge is 2.40. The van der Waals surface area contributed by atoms with Crippen molar-refractivity contribution in [3.8, 4) is 0 Å². The molecule has 112 valence electrons. The van der Waals surface area contributed by atoms with Gasteiger partial charge in [0.05, 0.1) is 18.0 Å². The van der Waals surface area contributed by atoms with Crippen molar-refractivity contribution >= 4 is 23.4 Å². The van der Waals surface area contributed by atoms with Crippen molar-refractivity contribution in [1.82, 2.24) is 15.5 Å². The number of carbonyl (C=O) groups is 2. The number of benzene rings is 1. The average molecular weight is 308 g/mol. The maximum absolute atomic E-state index is 12.1. The van der Waals surface area contributed by atoms with Crippen molar-refractivity contribution in [1.29, 1.82) is 0 Å². The number of amides is 2. The van der Waals surface area contributed by atoms with Crippen molar-refractivity contribution in [2.24, 2.45) is 5.92 Å². The van der Waals surface area contributed by atoms with Gasteiger partial charge in [0.25, 0.3) is 0 Å². The van der Waals surface area contributed by atoms with Crippen LogP contribution in [-0.4, -0.2) is 42.9 Å². The number of hydrogen-bond acceptors (Lipinski definition) is 3. The van der Waals surface area contributed by atoms with Gasteiger partial charge in [0.1, 0.15) is 0 Å². The highest BCUT2D eigenvalue weighted by Crippen LogP contribution is 2.32. The zero-order chi connectivity index (χ0) is 15.0. The quantitative estimate of drug-likeness (QED) is 0.874. The van der Waals surface area contributed by atoms with Crippen LogP contribution in [0.15, 0.2) is 24.3 Å². The molecule has 0 radical (unpaired) electrons. The Bertz CT molecular complexity index is 557. The van der Waals surface area contributed by atoms with Gasteiger partial charge in [-0.05, 0) is 17.7 Å². The first-order chi connectivity index (χ1) is 10.1. The highest BCUT2D eigenvalue weighted by atomic mass is 35.5. The highest BCUT2D eigenvalue weighted by molar-refractivity contribution is 6.30. The van der Waals surface area contributed by atoms with Gasteiger partial charge in [0.2, 0.25) is 11.8 Å². The zero-order valence-corrected chi connectivity index (χ0v) is 12.6. The fourth-order valence-corrected chi connectivity index (χ4v) is 3.02. The van der Waals surface area contributed by atoms with Gasteiger partial charge in [0.15, 0.2) is 0 Å². The van der Waals surface area contributed by atoms with Crippen LogP contribution in [0.5, 0.6) is 0 Å². The van der Waals surface area contributed by atoms with E-state index < -0.39 is 0 Å². The number of halogens is 1. The Morgan fingerprint density at radius 3 is 2.57 bits per heavy atom. The maximum Gasteiger partial charge on any atom is 0.225 e. The number of hydrogen-bond donors (Lipinski definition) is 2. The summed E-state index contributed by atoms with van der Waals surface area (Å²) in [7, 11) is 1.78. The fraction of sp³-hybridized carbons (Fsp3) is 0.467. The molecule has 2 heterocycles. The summed E-state index contributed by atoms with van der Waals surface area (Å²) in [5, 5.41) is 6.77. The molecule has 2 N–H and O–H groups in total. The minimum atomic E-state index is -0.184. The minimum absolute atomic E-state index is 0.0249. The second kappa shape index (κ2) is 5.66. The first-order valence-corrected chi connectivity index (χ1v) is 7.46. The van der Waals surface area contributed by atoms with E-state index in [4.69, 9.17) is 11.6 Å². The molecule has 0 spiro atoms. The van der Waals surface area contributed by atoms with Gasteiger partial charge in [-0.1, -0.05) is 23.7 Å². The lowest BCUT2D eigenvalue weighted by atomic mass is 9.97. The monoisotopic (exact) mass is 307 g/mol. The molecule has 3 rings (SSSR count). The zero-order valence-electron chi connectivity index (χ0n) is 11.8. The molecule has 21 heavy (non-hydrogen) atoms. The molecule has 6 heteroatoms. The van der Waals surface area contributed by atoms with E-state index in [2.05, 4.69) is 10.6 Å². The average Bonchev–Trinajstić information content (AvgIpc) is 2.64. The van der Waals surface area contributed by atoms with Crippen molar-refractivity contribution in [3.63, 3.8) is 0 Å². The van der Waals surface area contributed by atoms with Gasteiger partial charge in [0, 0.05) is 31.6 Å². The summed E-state index contributed by atoms with van der Waals surface area (Å²) < 4.78 is 0. The number of nitrogens with zero attached hydrogens (tertiary/aromatic N) is 1. The topological polar surface area (TPSA) is 61.4 Å². The van der Waals surface area contributed by atoms with Crippen LogP contribution in [0.25, 0.3) is 0 Å². The van der Waals surface area contributed by atoms with Crippen LogP contribution in [0.4, 0.5) is 0 Å². The van der Waals surface area contributed by atoms with Crippen molar-refractivity contribution in [2.45, 2.75) is 18.5 Å². The van der Waals surface area contributed by atoms with Crippen molar-refractivity contribution in [3.05, 3.63) is 34.9 Å². The molecule has 2 atom stereocenters. The molecule has 1 aromatic rings. The summed E-state index contributed by atoms with van der Waals surface area (Å²) >= 11 is 5.91. The third-order valence-corrected chi connectivity index (χ3v) is 4.53. The van der Waals surface area contributed by atoms with Gasteiger partial charge in [-0.3, -0.25) is 9.59 Å². The summed E-state index contributed by atoms with van der Waals surface area (Å²) in [5.74, 6) is 0.102. The summed E-state index contributed by atoms with van der Waals surface area (Å²) in [6.45, 7) is 1.43. The number of carbonyl (C=O) groups excluding carboxylic acids is 2. The molecule has 0 saturated carbocycles. The smallest absolute Gasteiger partial charge is 0.225 e. The third kappa shape index (κ3) is 2.76. The van der Waals surface area contributed by atoms with E-state index in [0.29, 0.717) is 24.5 Å². The molecular formula is C15H18ClN3O2. The lowest BCUT2D eigenvalue weighted by molar-refractivity contribution is -0.128. The Balaban J connectivity index is 1.78. The van der Waals surface area contributed by atoms with E-state index in [1.54, 1.807) is 11.9 Å². The predicted molar refractivity (Wildman–Crippen MR) is 79.9 cm³/mol. The van der Waals surface area contributed by atoms with Crippen molar-refractivity contribution in [2.75, 3.05) is 20.1 Å². The van der Waals surface area contributed by atoms with Gasteiger partial charge < -0.3 is 15.5 Å². The Kier molecular flexibility index (Phi) is 3.87. The first kappa shape index (κ1) is 14.4. The van der Waals surface area contributed by atoms with E-state index in [-0.39, 0.29) is 29.8 Å². The summed E-state index contributed by atoms with van der Waals surface area (Å²) in [5.41, 5.74) is 0.991. The molecule has 1 aromatic carbocycles. The fourth-order valence-electron chi connectivity index (χ4n) is 2.89. The molecule has 2 fully saturated rings. The van der Waals surface area contributed by atoms with Crippen LogP contribution >= 0.6 is 11.6 Å². The molecule has 0 bridgehead atoms. The number of likely N-dealkylation sites (N-methyl/N-ethyl adjacent to an activating group) is 1. The number of nitrogens with one attached hydrogen (secondary N) is 2. The van der Waals surface area contributed by atoms with Crippen LogP contribution in [0.2, 0.25) is 5.02 Å². The molecule has 2 saturated heterocycles. The van der Waals surface area contributed by atoms with E-state index in [0.717, 1.165) is 5.56 Å². The second-order valence-electron chi connectivity index (χ2n) is 5.68. The molecule has 5 nitrogen and oxygen atoms in total. The first-order valence-electron chi connectivity index (χ1n) is 7.08. The van der Waals surface area contributed by atoms with Crippen molar-refractivity contribution < 1.29 is 9.59 Å². The number of rotatable bonds is 3. The standard InChI is InChI=1S/C15H18ClN3O2/c1-19-13(20)6-12(18-15(21)10-7-17-8-10)14(19)9-2-4-11(16)5-3-9/h2-5,10,12,14,17H,6-8H2,1H3,(H,18,21). The Morgan fingerprint density at radius 1 is 1.33 bits per heavy atom. The maximum atomic E-state index is 12.1. The van der Waals surface area contributed by atoms with Crippen LogP contribution in [0, 0.1) is 5.92 Å². The van der Waals surface area contributed by atoms with E-state index in [1.807, 2.05) is 24.3 Å². The molecular weight excluding hydrogens is 290 g/mol. The van der Waals surface area contributed by atoms with Gasteiger partial charge in [-0.15, -0.1) is 0 Å². The van der Waals surface area contributed by atoms with Gasteiger partial charge in [-0.2, -0.15) is 0 Å². The normalized spacial score (nSPS) is 25.8. The van der Waals surface area contributed by atoms with E-state index >= 15 is 0 Å². The summed E-state index contributed by atoms with van der Waals surface area (Å²) in [6.07, 6.45) is 0.343. The van der Waals surface area contributed by atoms with E-state index in [9.17, 15) is 9.59 Å². The third-order valence-electron chi connectivity index (χ3n) is 4.28. The van der Waals surface area contributed by atoms with Crippen LogP contribution in [0.1, 0.15) is 18.0 Å². The minimum Gasteiger partial charge on any atom is -0.350 e.